The monoisotopic (exact) mass is 436 g/mol. The van der Waals surface area contributed by atoms with Crippen molar-refractivity contribution >= 4 is 29.9 Å². The summed E-state index contributed by atoms with van der Waals surface area (Å²) in [6, 6.07) is 1.23. The second-order valence-corrected chi connectivity index (χ2v) is 7.04. The van der Waals surface area contributed by atoms with Crippen LogP contribution in [-0.2, 0) is 4.74 Å². The highest BCUT2D eigenvalue weighted by atomic mass is 127. The molecule has 0 spiro atoms. The molecule has 3 atom stereocenters. The van der Waals surface area contributed by atoms with Gasteiger partial charge in [0.1, 0.15) is 0 Å². The number of nitrogens with zero attached hydrogens (tertiary/aromatic N) is 2. The van der Waals surface area contributed by atoms with Gasteiger partial charge < -0.3 is 20.3 Å². The summed E-state index contributed by atoms with van der Waals surface area (Å²) in [5, 5.41) is 6.96. The first-order valence-corrected chi connectivity index (χ1v) is 9.17. The minimum Gasteiger partial charge on any atom is -0.373 e. The predicted molar refractivity (Wildman–Crippen MR) is 106 cm³/mol. The van der Waals surface area contributed by atoms with E-state index in [1.54, 1.807) is 0 Å². The van der Waals surface area contributed by atoms with E-state index in [1.165, 1.54) is 38.5 Å². The molecule has 0 radical (unpaired) electrons. The molecular weight excluding hydrogens is 403 g/mol. The number of ether oxygens (including phenoxy) is 1. The Bertz CT molecular complexity index is 387. The number of rotatable bonds is 6. The summed E-state index contributed by atoms with van der Waals surface area (Å²) in [6.45, 7) is 4.95. The van der Waals surface area contributed by atoms with Gasteiger partial charge in [-0.15, -0.1) is 24.0 Å². The van der Waals surface area contributed by atoms with Gasteiger partial charge in [0.15, 0.2) is 5.96 Å². The molecule has 1 aliphatic carbocycles. The molecule has 2 N–H and O–H groups in total. The van der Waals surface area contributed by atoms with Crippen molar-refractivity contribution in [1.82, 2.24) is 15.5 Å². The molecule has 3 aliphatic rings. The second kappa shape index (κ2) is 9.42. The standard InChI is InChI=1S/C17H32N4O.HI/c1-3-18-17(20-15-12-14-8-9-16(15)22-14)19-10-11-21(2)13-6-4-5-7-13;/h13-16H,3-12H2,1-2H3,(H2,18,19,20);1H. The molecule has 23 heavy (non-hydrogen) atoms. The zero-order chi connectivity index (χ0) is 15.4. The quantitative estimate of drug-likeness (QED) is 0.381. The van der Waals surface area contributed by atoms with Crippen LogP contribution in [0.4, 0.5) is 0 Å². The van der Waals surface area contributed by atoms with Crippen molar-refractivity contribution in [2.75, 3.05) is 26.7 Å². The molecule has 3 rings (SSSR count). The Morgan fingerprint density at radius 3 is 2.61 bits per heavy atom. The second-order valence-electron chi connectivity index (χ2n) is 7.04. The van der Waals surface area contributed by atoms with Crippen molar-refractivity contribution in [3.8, 4) is 0 Å². The summed E-state index contributed by atoms with van der Waals surface area (Å²) in [6.07, 6.45) is 9.97. The van der Waals surface area contributed by atoms with E-state index in [2.05, 4.69) is 29.5 Å². The number of fused-ring (bicyclic) bond motifs is 2. The summed E-state index contributed by atoms with van der Waals surface area (Å²) in [5.74, 6) is 0.962. The van der Waals surface area contributed by atoms with Gasteiger partial charge in [0.25, 0.3) is 0 Å². The fourth-order valence-corrected chi connectivity index (χ4v) is 4.13. The van der Waals surface area contributed by atoms with Crippen LogP contribution in [0.5, 0.6) is 0 Å². The molecule has 2 bridgehead atoms. The lowest BCUT2D eigenvalue weighted by molar-refractivity contribution is 0.0992. The smallest absolute Gasteiger partial charge is 0.191 e. The summed E-state index contributed by atoms with van der Waals surface area (Å²) < 4.78 is 5.92. The first-order chi connectivity index (χ1) is 10.8. The van der Waals surface area contributed by atoms with Gasteiger partial charge in [-0.2, -0.15) is 0 Å². The molecule has 0 aromatic carbocycles. The van der Waals surface area contributed by atoms with Gasteiger partial charge in [-0.05, 0) is 46.1 Å². The van der Waals surface area contributed by atoms with Crippen molar-refractivity contribution < 1.29 is 4.74 Å². The Morgan fingerprint density at radius 2 is 2.00 bits per heavy atom. The van der Waals surface area contributed by atoms with Crippen molar-refractivity contribution in [2.45, 2.75) is 76.2 Å². The number of halogens is 1. The molecule has 1 saturated carbocycles. The zero-order valence-corrected chi connectivity index (χ0v) is 16.9. The van der Waals surface area contributed by atoms with Crippen molar-refractivity contribution in [3.05, 3.63) is 0 Å². The average molecular weight is 436 g/mol. The Balaban J connectivity index is 0.00000192. The van der Waals surface area contributed by atoms with Gasteiger partial charge in [-0.25, -0.2) is 0 Å². The van der Waals surface area contributed by atoms with Crippen molar-refractivity contribution in [1.29, 1.82) is 0 Å². The SMILES string of the molecule is CCNC(=NCCN(C)C1CCCC1)NC1CC2CCC1O2.I. The normalized spacial score (nSPS) is 30.7. The van der Waals surface area contributed by atoms with Gasteiger partial charge in [-0.3, -0.25) is 4.99 Å². The van der Waals surface area contributed by atoms with Crippen LogP contribution in [0, 0.1) is 0 Å². The molecule has 5 nitrogen and oxygen atoms in total. The lowest BCUT2D eigenvalue weighted by Gasteiger charge is -2.24. The first kappa shape index (κ1) is 19.2. The summed E-state index contributed by atoms with van der Waals surface area (Å²) in [5.41, 5.74) is 0. The molecule has 0 aromatic rings. The Kier molecular flexibility index (Phi) is 7.88. The minimum absolute atomic E-state index is 0. The van der Waals surface area contributed by atoms with Crippen LogP contribution < -0.4 is 10.6 Å². The van der Waals surface area contributed by atoms with E-state index in [4.69, 9.17) is 9.73 Å². The molecular formula is C17H33IN4O. The van der Waals surface area contributed by atoms with Crippen LogP contribution >= 0.6 is 24.0 Å². The molecule has 6 heteroatoms. The van der Waals surface area contributed by atoms with E-state index in [1.807, 2.05) is 0 Å². The molecule has 2 saturated heterocycles. The molecule has 0 amide bonds. The van der Waals surface area contributed by atoms with Crippen molar-refractivity contribution in [3.63, 3.8) is 0 Å². The largest absolute Gasteiger partial charge is 0.373 e. The third kappa shape index (κ3) is 5.19. The number of aliphatic imine (C=N–C) groups is 1. The lowest BCUT2D eigenvalue weighted by atomic mass is 9.96. The topological polar surface area (TPSA) is 48.9 Å². The number of hydrogen-bond acceptors (Lipinski definition) is 3. The maximum atomic E-state index is 5.92. The highest BCUT2D eigenvalue weighted by molar-refractivity contribution is 14.0. The van der Waals surface area contributed by atoms with Crippen LogP contribution in [0.2, 0.25) is 0 Å². The van der Waals surface area contributed by atoms with E-state index in [0.717, 1.165) is 38.1 Å². The van der Waals surface area contributed by atoms with Gasteiger partial charge in [-0.1, -0.05) is 12.8 Å². The van der Waals surface area contributed by atoms with Crippen LogP contribution in [0.25, 0.3) is 0 Å². The van der Waals surface area contributed by atoms with Crippen LogP contribution in [0.1, 0.15) is 51.9 Å². The minimum atomic E-state index is 0. The van der Waals surface area contributed by atoms with Crippen LogP contribution in [-0.4, -0.2) is 61.8 Å². The predicted octanol–water partition coefficient (Wildman–Crippen LogP) is 2.35. The maximum absolute atomic E-state index is 5.92. The summed E-state index contributed by atoms with van der Waals surface area (Å²) in [4.78, 5) is 7.26. The molecule has 2 aliphatic heterocycles. The van der Waals surface area contributed by atoms with E-state index in [9.17, 15) is 0 Å². The highest BCUT2D eigenvalue weighted by Crippen LogP contribution is 2.34. The average Bonchev–Trinajstić information content (AvgIpc) is 3.25. The van der Waals surface area contributed by atoms with E-state index in [0.29, 0.717) is 18.2 Å². The van der Waals surface area contributed by atoms with Gasteiger partial charge in [0.05, 0.1) is 24.8 Å². The van der Waals surface area contributed by atoms with Crippen LogP contribution in [0.15, 0.2) is 4.99 Å². The van der Waals surface area contributed by atoms with Crippen molar-refractivity contribution in [2.24, 2.45) is 4.99 Å². The Morgan fingerprint density at radius 1 is 1.22 bits per heavy atom. The maximum Gasteiger partial charge on any atom is 0.191 e. The van der Waals surface area contributed by atoms with Gasteiger partial charge in [0.2, 0.25) is 0 Å². The first-order valence-electron chi connectivity index (χ1n) is 9.17. The number of guanidine groups is 1. The van der Waals surface area contributed by atoms with E-state index in [-0.39, 0.29) is 24.0 Å². The number of likely N-dealkylation sites (N-methyl/N-ethyl adjacent to an activating group) is 1. The Hall–Kier alpha value is -0.0800. The fourth-order valence-electron chi connectivity index (χ4n) is 4.13. The summed E-state index contributed by atoms with van der Waals surface area (Å²) in [7, 11) is 2.25. The molecule has 134 valence electrons. The highest BCUT2D eigenvalue weighted by Gasteiger charge is 2.41. The zero-order valence-electron chi connectivity index (χ0n) is 14.6. The summed E-state index contributed by atoms with van der Waals surface area (Å²) >= 11 is 0. The van der Waals surface area contributed by atoms with E-state index < -0.39 is 0 Å². The third-order valence-electron chi connectivity index (χ3n) is 5.44. The lowest BCUT2D eigenvalue weighted by Crippen LogP contribution is -2.47. The molecule has 0 aromatic heterocycles. The Labute approximate surface area is 158 Å². The third-order valence-corrected chi connectivity index (χ3v) is 5.44. The van der Waals surface area contributed by atoms with Crippen LogP contribution in [0.3, 0.4) is 0 Å². The number of hydrogen-bond donors (Lipinski definition) is 2. The molecule has 3 unspecified atom stereocenters. The van der Waals surface area contributed by atoms with Gasteiger partial charge >= 0.3 is 0 Å². The molecule has 3 fully saturated rings. The number of nitrogens with one attached hydrogen (secondary N) is 2. The van der Waals surface area contributed by atoms with E-state index >= 15 is 0 Å². The fraction of sp³-hybridized carbons (Fsp3) is 0.941. The van der Waals surface area contributed by atoms with Gasteiger partial charge in [0, 0.05) is 19.1 Å². The molecule has 2 heterocycles.